The predicted molar refractivity (Wildman–Crippen MR) is 112 cm³/mol. The average Bonchev–Trinajstić information content (AvgIpc) is 2.74. The molecule has 1 aliphatic rings. The summed E-state index contributed by atoms with van der Waals surface area (Å²) in [5, 5.41) is 0. The van der Waals surface area contributed by atoms with Crippen molar-refractivity contribution in [3.8, 4) is 28.7 Å². The maximum absolute atomic E-state index is 13.4. The van der Waals surface area contributed by atoms with Crippen molar-refractivity contribution in [2.75, 3.05) is 14.2 Å². The molecule has 0 radical (unpaired) electrons. The minimum Gasteiger partial charge on any atom is -0.496 e. The smallest absolute Gasteiger partial charge is 0.308 e. The van der Waals surface area contributed by atoms with Crippen LogP contribution >= 0.6 is 0 Å². The number of esters is 3. The van der Waals surface area contributed by atoms with Crippen LogP contribution in [0.1, 0.15) is 42.8 Å². The molecule has 0 aromatic heterocycles. The summed E-state index contributed by atoms with van der Waals surface area (Å²) < 4.78 is 32.2. The van der Waals surface area contributed by atoms with Crippen molar-refractivity contribution in [2.45, 2.75) is 33.0 Å². The molecule has 0 saturated carbocycles. The van der Waals surface area contributed by atoms with E-state index in [9.17, 15) is 19.2 Å². The number of rotatable bonds is 6. The van der Waals surface area contributed by atoms with Gasteiger partial charge in [0.05, 0.1) is 14.2 Å². The van der Waals surface area contributed by atoms with Gasteiger partial charge in [-0.1, -0.05) is 6.07 Å². The third kappa shape index (κ3) is 5.05. The molecule has 0 amide bonds. The Morgan fingerprint density at radius 3 is 2.06 bits per heavy atom. The van der Waals surface area contributed by atoms with Crippen LogP contribution in [0.2, 0.25) is 0 Å². The van der Waals surface area contributed by atoms with E-state index >= 15 is 0 Å². The molecule has 0 aliphatic carbocycles. The molecule has 33 heavy (non-hydrogen) atoms. The van der Waals surface area contributed by atoms with Gasteiger partial charge in [0.2, 0.25) is 11.9 Å². The number of methoxy groups -OCH3 is 2. The van der Waals surface area contributed by atoms with Gasteiger partial charge in [0.1, 0.15) is 22.8 Å². The third-order valence-corrected chi connectivity index (χ3v) is 4.63. The summed E-state index contributed by atoms with van der Waals surface area (Å²) in [6.45, 7) is 3.54. The van der Waals surface area contributed by atoms with E-state index in [4.69, 9.17) is 28.4 Å². The number of hydrogen-bond donors (Lipinski definition) is 0. The van der Waals surface area contributed by atoms with Gasteiger partial charge in [-0.05, 0) is 12.1 Å². The number of fused-ring (bicyclic) bond motifs is 1. The molecular formula is C23H22O10. The lowest BCUT2D eigenvalue weighted by Gasteiger charge is -2.33. The Balaban J connectivity index is 2.14. The van der Waals surface area contributed by atoms with E-state index in [1.54, 1.807) is 0 Å². The van der Waals surface area contributed by atoms with Crippen LogP contribution in [0.4, 0.5) is 0 Å². The van der Waals surface area contributed by atoms with Crippen molar-refractivity contribution in [3.63, 3.8) is 0 Å². The van der Waals surface area contributed by atoms with Crippen LogP contribution in [0.25, 0.3) is 0 Å². The zero-order valence-electron chi connectivity index (χ0n) is 18.6. The van der Waals surface area contributed by atoms with E-state index in [-0.39, 0.29) is 28.6 Å². The van der Waals surface area contributed by atoms with Crippen molar-refractivity contribution in [3.05, 3.63) is 41.5 Å². The van der Waals surface area contributed by atoms with Crippen molar-refractivity contribution >= 4 is 23.7 Å². The number of ether oxygens (including phenoxy) is 6. The number of benzene rings is 2. The molecule has 2 atom stereocenters. The zero-order chi connectivity index (χ0) is 24.3. The maximum atomic E-state index is 13.4. The second kappa shape index (κ2) is 9.60. The number of carbonyl (C=O) groups is 4. The minimum atomic E-state index is -1.36. The fourth-order valence-electron chi connectivity index (χ4n) is 3.37. The first-order valence-corrected chi connectivity index (χ1v) is 9.79. The summed E-state index contributed by atoms with van der Waals surface area (Å²) in [6.07, 6.45) is -2.46. The van der Waals surface area contributed by atoms with Gasteiger partial charge in [0.25, 0.3) is 0 Å². The second-order valence-electron chi connectivity index (χ2n) is 7.03. The summed E-state index contributed by atoms with van der Waals surface area (Å²) in [7, 11) is 2.83. The van der Waals surface area contributed by atoms with E-state index in [1.165, 1.54) is 65.3 Å². The summed E-state index contributed by atoms with van der Waals surface area (Å²) in [4.78, 5) is 48.1. The molecule has 1 aliphatic heterocycles. The molecule has 0 N–H and O–H groups in total. The van der Waals surface area contributed by atoms with Crippen LogP contribution in [-0.4, -0.2) is 44.0 Å². The molecular weight excluding hydrogens is 436 g/mol. The van der Waals surface area contributed by atoms with E-state index < -0.39 is 35.9 Å². The van der Waals surface area contributed by atoms with E-state index in [0.29, 0.717) is 11.3 Å². The molecule has 2 aromatic carbocycles. The first kappa shape index (κ1) is 23.6. The lowest BCUT2D eigenvalue weighted by Crippen LogP contribution is -2.39. The summed E-state index contributed by atoms with van der Waals surface area (Å²) in [5.41, 5.74) is 0.423. The predicted octanol–water partition coefficient (Wildman–Crippen LogP) is 2.80. The lowest BCUT2D eigenvalue weighted by molar-refractivity contribution is -0.149. The normalized spacial score (nSPS) is 16.7. The highest BCUT2D eigenvalue weighted by Crippen LogP contribution is 2.44. The van der Waals surface area contributed by atoms with Gasteiger partial charge in [-0.25, -0.2) is 0 Å². The van der Waals surface area contributed by atoms with Gasteiger partial charge in [-0.2, -0.15) is 0 Å². The Bertz CT molecular complexity index is 1120. The molecule has 0 fully saturated rings. The van der Waals surface area contributed by atoms with Crippen LogP contribution in [0.5, 0.6) is 28.7 Å². The zero-order valence-corrected chi connectivity index (χ0v) is 18.6. The highest BCUT2D eigenvalue weighted by Gasteiger charge is 2.43. The Morgan fingerprint density at radius 1 is 0.818 bits per heavy atom. The molecule has 2 aromatic rings. The molecule has 0 bridgehead atoms. The lowest BCUT2D eigenvalue weighted by atomic mass is 9.92. The molecule has 0 spiro atoms. The SMILES string of the molecule is COc1cc(OC)c2c(c1)O[C@@H](c1ccc(OC(C)=O)c(OC(C)=O)c1)[C@H](OC(C)=O)C2=O. The third-order valence-electron chi connectivity index (χ3n) is 4.63. The van der Waals surface area contributed by atoms with Crippen LogP contribution < -0.4 is 23.7 Å². The Morgan fingerprint density at radius 2 is 1.48 bits per heavy atom. The summed E-state index contributed by atoms with van der Waals surface area (Å²) in [6, 6.07) is 7.28. The Labute approximate surface area is 189 Å². The van der Waals surface area contributed by atoms with E-state index in [0.717, 1.165) is 0 Å². The Kier molecular flexibility index (Phi) is 6.86. The van der Waals surface area contributed by atoms with Crippen LogP contribution in [0, 0.1) is 0 Å². The van der Waals surface area contributed by atoms with Crippen molar-refractivity contribution < 1.29 is 47.6 Å². The van der Waals surface area contributed by atoms with Gasteiger partial charge >= 0.3 is 17.9 Å². The molecule has 0 saturated heterocycles. The minimum absolute atomic E-state index is 0.00337. The Hall–Kier alpha value is -4.08. The standard InChI is InChI=1S/C23H22O10/c1-11(24)30-16-7-6-14(8-17(16)31-12(2)25)22-23(32-13(3)26)21(27)20-18(29-5)9-15(28-4)10-19(20)33-22/h6-10,22-23H,1-5H3/t22-,23+/m0/s1. The quantitative estimate of drug-likeness (QED) is 0.471. The monoisotopic (exact) mass is 458 g/mol. The van der Waals surface area contributed by atoms with Crippen LogP contribution in [0.15, 0.2) is 30.3 Å². The fraction of sp³-hybridized carbons (Fsp3) is 0.304. The van der Waals surface area contributed by atoms with Crippen molar-refractivity contribution in [1.29, 1.82) is 0 Å². The maximum Gasteiger partial charge on any atom is 0.308 e. The average molecular weight is 458 g/mol. The second-order valence-corrected chi connectivity index (χ2v) is 7.03. The van der Waals surface area contributed by atoms with Crippen LogP contribution in [0.3, 0.4) is 0 Å². The largest absolute Gasteiger partial charge is 0.496 e. The first-order chi connectivity index (χ1) is 15.6. The molecule has 174 valence electrons. The molecule has 10 nitrogen and oxygen atoms in total. The molecule has 10 heteroatoms. The molecule has 0 unspecified atom stereocenters. The van der Waals surface area contributed by atoms with E-state index in [1.807, 2.05) is 0 Å². The van der Waals surface area contributed by atoms with Gasteiger partial charge in [0.15, 0.2) is 17.6 Å². The molecule has 3 rings (SSSR count). The topological polar surface area (TPSA) is 124 Å². The highest BCUT2D eigenvalue weighted by atomic mass is 16.6. The van der Waals surface area contributed by atoms with Crippen LogP contribution in [-0.2, 0) is 19.1 Å². The van der Waals surface area contributed by atoms with Gasteiger partial charge < -0.3 is 28.4 Å². The van der Waals surface area contributed by atoms with Gasteiger partial charge in [-0.15, -0.1) is 0 Å². The van der Waals surface area contributed by atoms with Gasteiger partial charge in [-0.3, -0.25) is 19.2 Å². The summed E-state index contributed by atoms with van der Waals surface area (Å²) >= 11 is 0. The molecule has 1 heterocycles. The van der Waals surface area contributed by atoms with Crippen molar-refractivity contribution in [2.24, 2.45) is 0 Å². The first-order valence-electron chi connectivity index (χ1n) is 9.79. The summed E-state index contributed by atoms with van der Waals surface area (Å²) in [5.74, 6) is -1.86. The number of carbonyl (C=O) groups excluding carboxylic acids is 4. The van der Waals surface area contributed by atoms with Gasteiger partial charge in [0, 0.05) is 38.5 Å². The van der Waals surface area contributed by atoms with Crippen molar-refractivity contribution in [1.82, 2.24) is 0 Å². The fourth-order valence-corrected chi connectivity index (χ4v) is 3.37. The number of ketones is 1. The number of hydrogen-bond acceptors (Lipinski definition) is 10. The number of Topliss-reactive ketones (excluding diaryl/α,β-unsaturated/α-hetero) is 1. The van der Waals surface area contributed by atoms with E-state index in [2.05, 4.69) is 0 Å². The highest BCUT2D eigenvalue weighted by molar-refractivity contribution is 6.06.